The number of hydrogen-bond acceptors (Lipinski definition) is 6. The Morgan fingerprint density at radius 1 is 1.15 bits per heavy atom. The Kier molecular flexibility index (Phi) is 7.83. The first kappa shape index (κ1) is 27.7. The van der Waals surface area contributed by atoms with Crippen molar-refractivity contribution in [2.24, 2.45) is 4.99 Å². The molecule has 0 spiro atoms. The summed E-state index contributed by atoms with van der Waals surface area (Å²) >= 11 is 7.47. The van der Waals surface area contributed by atoms with Crippen LogP contribution in [0.4, 0.5) is 0 Å². The summed E-state index contributed by atoms with van der Waals surface area (Å²) in [5, 5.41) is 0.619. The van der Waals surface area contributed by atoms with Gasteiger partial charge >= 0.3 is 0 Å². The number of allylic oxidation sites excluding steroid dienone is 1. The summed E-state index contributed by atoms with van der Waals surface area (Å²) in [6.07, 6.45) is 1.72. The van der Waals surface area contributed by atoms with E-state index in [0.717, 1.165) is 16.7 Å². The van der Waals surface area contributed by atoms with Gasteiger partial charge in [0.2, 0.25) is 0 Å². The highest BCUT2D eigenvalue weighted by Gasteiger charge is 2.35. The zero-order valence-electron chi connectivity index (χ0n) is 23.0. The predicted octanol–water partition coefficient (Wildman–Crippen LogP) is 5.33. The summed E-state index contributed by atoms with van der Waals surface area (Å²) < 4.78 is 13.8. The van der Waals surface area contributed by atoms with Gasteiger partial charge in [0.15, 0.2) is 4.80 Å². The highest BCUT2D eigenvalue weighted by Crippen LogP contribution is 2.36. The van der Waals surface area contributed by atoms with E-state index in [0.29, 0.717) is 56.0 Å². The molecule has 9 heteroatoms. The number of benzene rings is 2. The van der Waals surface area contributed by atoms with E-state index in [1.807, 2.05) is 82.3 Å². The van der Waals surface area contributed by atoms with Crippen LogP contribution in [0.1, 0.15) is 43.7 Å². The Morgan fingerprint density at radius 2 is 1.90 bits per heavy atom. The number of aryl methyl sites for hydroxylation is 1. The molecule has 4 aromatic rings. The van der Waals surface area contributed by atoms with Gasteiger partial charge in [-0.15, -0.1) is 0 Å². The average Bonchev–Trinajstić information content (AvgIpc) is 3.54. The third kappa shape index (κ3) is 4.93. The van der Waals surface area contributed by atoms with Crippen LogP contribution in [0.15, 0.2) is 80.1 Å². The van der Waals surface area contributed by atoms with Crippen LogP contribution in [0.25, 0.3) is 17.4 Å². The molecule has 0 unspecified atom stereocenters. The lowest BCUT2D eigenvalue weighted by Gasteiger charge is -2.29. The molecule has 7 nitrogen and oxygen atoms in total. The lowest BCUT2D eigenvalue weighted by atomic mass is 9.94. The van der Waals surface area contributed by atoms with Gasteiger partial charge in [-0.05, 0) is 63.6 Å². The summed E-state index contributed by atoms with van der Waals surface area (Å²) in [5.41, 5.74) is 3.43. The molecule has 5 rings (SSSR count). The minimum absolute atomic E-state index is 0.149. The molecule has 2 aromatic carbocycles. The number of amides is 1. The largest absolute Gasteiger partial charge is 0.496 e. The van der Waals surface area contributed by atoms with E-state index in [9.17, 15) is 9.59 Å². The number of methoxy groups -OCH3 is 1. The number of aromatic nitrogens is 1. The number of rotatable bonds is 7. The van der Waals surface area contributed by atoms with Crippen molar-refractivity contribution in [2.75, 3.05) is 20.2 Å². The quantitative estimate of drug-likeness (QED) is 0.298. The maximum atomic E-state index is 14.0. The monoisotopic (exact) mass is 575 g/mol. The van der Waals surface area contributed by atoms with E-state index in [2.05, 4.69) is 0 Å². The number of fused-ring (bicyclic) bond motifs is 1. The average molecular weight is 576 g/mol. The zero-order chi connectivity index (χ0) is 28.6. The van der Waals surface area contributed by atoms with Crippen molar-refractivity contribution in [3.05, 3.63) is 107 Å². The Bertz CT molecular complexity index is 1810. The Labute approximate surface area is 241 Å². The van der Waals surface area contributed by atoms with Crippen molar-refractivity contribution in [2.45, 2.75) is 33.7 Å². The van der Waals surface area contributed by atoms with Crippen LogP contribution in [-0.4, -0.2) is 35.6 Å². The van der Waals surface area contributed by atoms with E-state index < -0.39 is 6.04 Å². The molecule has 206 valence electrons. The SMILES string of the molecule is CCN(CC)C(=O)C1=C(C)N=c2s/c(=C/c3ccc(-c4cc(Cl)ccc4C)o3)c(=O)n2[C@H]1c1ccccc1OC. The third-order valence-corrected chi connectivity index (χ3v) is 8.32. The number of carbonyl (C=O) groups excluding carboxylic acids is 1. The molecule has 0 aliphatic carbocycles. The maximum Gasteiger partial charge on any atom is 0.271 e. The standard InChI is InChI=1S/C31H30ClN3O4S/c1-6-34(7-2)30(37)27-19(4)33-31-35(28(27)22-10-8-9-11-24(22)38-5)29(36)26(40-31)17-21-14-15-25(39-21)23-16-20(32)13-12-18(23)3/h8-17,28H,6-7H2,1-5H3/b26-17+/t28-/m0/s1. The first-order valence-corrected chi connectivity index (χ1v) is 14.3. The van der Waals surface area contributed by atoms with Gasteiger partial charge in [-0.3, -0.25) is 14.2 Å². The molecule has 0 saturated carbocycles. The molecule has 0 radical (unpaired) electrons. The van der Waals surface area contributed by atoms with Crippen molar-refractivity contribution in [3.8, 4) is 17.1 Å². The first-order valence-electron chi connectivity index (χ1n) is 13.1. The minimum atomic E-state index is -0.691. The van der Waals surface area contributed by atoms with Gasteiger partial charge in [0.05, 0.1) is 22.9 Å². The normalized spacial score (nSPS) is 15.2. The lowest BCUT2D eigenvalue weighted by molar-refractivity contribution is -0.127. The third-order valence-electron chi connectivity index (χ3n) is 7.10. The van der Waals surface area contributed by atoms with E-state index >= 15 is 0 Å². The zero-order valence-corrected chi connectivity index (χ0v) is 24.6. The van der Waals surface area contributed by atoms with Gasteiger partial charge in [0.25, 0.3) is 11.5 Å². The smallest absolute Gasteiger partial charge is 0.271 e. The Morgan fingerprint density at radius 3 is 2.62 bits per heavy atom. The summed E-state index contributed by atoms with van der Waals surface area (Å²) in [7, 11) is 1.58. The number of ether oxygens (including phenoxy) is 1. The molecule has 2 aromatic heterocycles. The number of nitrogens with zero attached hydrogens (tertiary/aromatic N) is 3. The van der Waals surface area contributed by atoms with Crippen molar-refractivity contribution < 1.29 is 13.9 Å². The second-order valence-corrected chi connectivity index (χ2v) is 10.9. The number of likely N-dealkylation sites (N-methyl/N-ethyl adjacent to an activating group) is 1. The Balaban J connectivity index is 1.68. The molecular formula is C31H30ClN3O4S. The van der Waals surface area contributed by atoms with Crippen molar-refractivity contribution in [1.29, 1.82) is 0 Å². The van der Waals surface area contributed by atoms with E-state index in [4.69, 9.17) is 25.7 Å². The van der Waals surface area contributed by atoms with Gasteiger partial charge in [0, 0.05) is 35.3 Å². The topological polar surface area (TPSA) is 77.0 Å². The fraction of sp³-hybridized carbons (Fsp3) is 0.258. The van der Waals surface area contributed by atoms with Gasteiger partial charge in [-0.2, -0.15) is 0 Å². The molecule has 0 bridgehead atoms. The first-order chi connectivity index (χ1) is 19.3. The fourth-order valence-electron chi connectivity index (χ4n) is 5.03. The van der Waals surface area contributed by atoms with E-state index in [1.54, 1.807) is 22.7 Å². The van der Waals surface area contributed by atoms with Crippen LogP contribution in [-0.2, 0) is 4.79 Å². The van der Waals surface area contributed by atoms with Crippen LogP contribution < -0.4 is 19.6 Å². The number of carbonyl (C=O) groups is 1. The van der Waals surface area contributed by atoms with Crippen molar-refractivity contribution in [3.63, 3.8) is 0 Å². The molecule has 3 heterocycles. The molecular weight excluding hydrogens is 546 g/mol. The highest BCUT2D eigenvalue weighted by molar-refractivity contribution is 7.07. The second kappa shape index (κ2) is 11.3. The van der Waals surface area contributed by atoms with Crippen LogP contribution in [0.3, 0.4) is 0 Å². The van der Waals surface area contributed by atoms with Crippen LogP contribution in [0.2, 0.25) is 5.02 Å². The fourth-order valence-corrected chi connectivity index (χ4v) is 6.23. The molecule has 0 saturated heterocycles. The van der Waals surface area contributed by atoms with Gasteiger partial charge in [0.1, 0.15) is 23.3 Å². The van der Waals surface area contributed by atoms with Crippen LogP contribution >= 0.6 is 22.9 Å². The highest BCUT2D eigenvalue weighted by atomic mass is 35.5. The van der Waals surface area contributed by atoms with Gasteiger partial charge < -0.3 is 14.1 Å². The molecule has 1 aliphatic heterocycles. The van der Waals surface area contributed by atoms with Crippen molar-refractivity contribution >= 4 is 34.9 Å². The number of furan rings is 1. The maximum absolute atomic E-state index is 14.0. The molecule has 40 heavy (non-hydrogen) atoms. The van der Waals surface area contributed by atoms with E-state index in [1.165, 1.54) is 11.3 Å². The minimum Gasteiger partial charge on any atom is -0.496 e. The second-order valence-electron chi connectivity index (χ2n) is 9.46. The van der Waals surface area contributed by atoms with Crippen LogP contribution in [0, 0.1) is 6.92 Å². The molecule has 1 atom stereocenters. The number of para-hydroxylation sites is 1. The molecule has 0 N–H and O–H groups in total. The number of thiazole rings is 1. The van der Waals surface area contributed by atoms with Gasteiger partial charge in [-0.1, -0.05) is 47.2 Å². The van der Waals surface area contributed by atoms with Crippen molar-refractivity contribution in [1.82, 2.24) is 9.47 Å². The summed E-state index contributed by atoms with van der Waals surface area (Å²) in [6, 6.07) is 16.1. The molecule has 1 amide bonds. The Hall–Kier alpha value is -3.88. The number of halogens is 1. The molecule has 0 fully saturated rings. The van der Waals surface area contributed by atoms with Crippen LogP contribution in [0.5, 0.6) is 5.75 Å². The lowest BCUT2D eigenvalue weighted by Crippen LogP contribution is -2.43. The summed E-state index contributed by atoms with van der Waals surface area (Å²) in [4.78, 5) is 34.8. The molecule has 1 aliphatic rings. The predicted molar refractivity (Wildman–Crippen MR) is 159 cm³/mol. The summed E-state index contributed by atoms with van der Waals surface area (Å²) in [5.74, 6) is 1.63. The summed E-state index contributed by atoms with van der Waals surface area (Å²) in [6.45, 7) is 8.77. The van der Waals surface area contributed by atoms with E-state index in [-0.39, 0.29) is 11.5 Å². The number of hydrogen-bond donors (Lipinski definition) is 0. The van der Waals surface area contributed by atoms with Gasteiger partial charge in [-0.25, -0.2) is 4.99 Å².